The van der Waals surface area contributed by atoms with E-state index >= 15 is 0 Å². The molecule has 9 heterocycles. The molecule has 46 unspecified atom stereocenters. The van der Waals surface area contributed by atoms with Crippen LogP contribution in [0.1, 0.15) is 77.6 Å². The molecule has 0 bridgehead atoms. The quantitative estimate of drug-likeness (QED) is 0.0251. The van der Waals surface area contributed by atoms with Crippen LogP contribution in [0, 0.1) is 11.3 Å². The maximum Gasteiger partial charge on any atom is 0.222 e. The van der Waals surface area contributed by atoms with Gasteiger partial charge in [-0.2, -0.15) is 0 Å². The molecule has 60 heteroatoms. The van der Waals surface area contributed by atoms with Gasteiger partial charge in [-0.25, -0.2) is 0 Å². The number of ether oxygens (including phenoxy) is 22. The highest BCUT2D eigenvalue weighted by Crippen LogP contribution is 2.38. The van der Waals surface area contributed by atoms with Crippen LogP contribution in [0.4, 0.5) is 0 Å². The van der Waals surface area contributed by atoms with Crippen molar-refractivity contribution >= 4 is 23.6 Å². The molecule has 10 fully saturated rings. The molecule has 60 nitrogen and oxygen atoms in total. The summed E-state index contributed by atoms with van der Waals surface area (Å²) in [5, 5.41) is 330. The molecule has 9 saturated heterocycles. The minimum atomic E-state index is -2.06. The van der Waals surface area contributed by atoms with Gasteiger partial charge in [-0.05, 0) is 25.7 Å². The SMILES string of the molecule is CC(NC(=O)CCOCC(COCCC(=O)NCCOC1OC(COC2OC(CO)C(O)C(O)C2O)C(O)C(OC2OC(CO)C(O)C(O)C2O)C1O)(COCCC(=O)NCCOC1OC(COC2OC(CO)C(O)C(O)C2O)C(O)C(OC2OC(CO)C(O)C(O)C2O)C1O)COCCC(=O)NCCOC1OC(COC2OC(CO)C(O)C(O)C2O)C(O)C(OC2OC(CO)C(O)C(O)C2O)C1O)C1CCCCCCC1. The molecular formula is C87H152N4O56. The van der Waals surface area contributed by atoms with E-state index < -0.39 is 438 Å². The van der Waals surface area contributed by atoms with E-state index in [0.717, 1.165) is 44.9 Å². The molecule has 0 aromatic heterocycles. The predicted molar refractivity (Wildman–Crippen MR) is 472 cm³/mol. The lowest BCUT2D eigenvalue weighted by Gasteiger charge is -2.46. The number of aliphatic hydroxyl groups excluding tert-OH is 30. The molecule has 1 aliphatic carbocycles. The Morgan fingerprint density at radius 3 is 0.728 bits per heavy atom. The first-order valence-electron chi connectivity index (χ1n) is 49.1. The lowest BCUT2D eigenvalue weighted by atomic mass is 9.86. The molecule has 0 aromatic rings. The van der Waals surface area contributed by atoms with E-state index in [4.69, 9.17) is 104 Å². The van der Waals surface area contributed by atoms with Crippen molar-refractivity contribution in [2.75, 3.05) is 152 Å². The average Bonchev–Trinajstić information content (AvgIpc) is 0.795. The Hall–Kier alpha value is -4.20. The number of carbonyl (C=O) groups is 4. The number of hydrogen-bond acceptors (Lipinski definition) is 56. The smallest absolute Gasteiger partial charge is 0.222 e. The van der Waals surface area contributed by atoms with Gasteiger partial charge in [0, 0.05) is 51.4 Å². The fourth-order valence-electron chi connectivity index (χ4n) is 18.1. The molecule has 0 aromatic carbocycles. The highest BCUT2D eigenvalue weighted by molar-refractivity contribution is 5.77. The molecule has 0 spiro atoms. The maximum absolute atomic E-state index is 13.7. The van der Waals surface area contributed by atoms with Gasteiger partial charge in [0.05, 0.1) is 138 Å². The van der Waals surface area contributed by atoms with E-state index in [1.54, 1.807) is 0 Å². The second-order valence-corrected chi connectivity index (χ2v) is 37.9. The van der Waals surface area contributed by atoms with Gasteiger partial charge >= 0.3 is 0 Å². The van der Waals surface area contributed by atoms with Crippen molar-refractivity contribution in [1.29, 1.82) is 0 Å². The number of amides is 4. The fraction of sp³-hybridized carbons (Fsp3) is 0.954. The Morgan fingerprint density at radius 1 is 0.259 bits per heavy atom. The molecule has 4 amide bonds. The summed E-state index contributed by atoms with van der Waals surface area (Å²) in [7, 11) is 0. The highest BCUT2D eigenvalue weighted by atomic mass is 16.8. The summed E-state index contributed by atoms with van der Waals surface area (Å²) in [6, 6.07) is -0.193. The van der Waals surface area contributed by atoms with Crippen LogP contribution in [0.25, 0.3) is 0 Å². The van der Waals surface area contributed by atoms with Crippen LogP contribution in [0.3, 0.4) is 0 Å². The number of carbonyl (C=O) groups excluding carboxylic acids is 4. The summed E-state index contributed by atoms with van der Waals surface area (Å²) in [6.07, 6.45) is -77.5. The molecule has 34 N–H and O–H groups in total. The fourth-order valence-corrected chi connectivity index (χ4v) is 18.1. The van der Waals surface area contributed by atoms with Gasteiger partial charge in [0.1, 0.15) is 220 Å². The first-order chi connectivity index (χ1) is 70.1. The molecular weight excluding hydrogens is 2000 g/mol. The van der Waals surface area contributed by atoms with Crippen LogP contribution in [-0.4, -0.2) is 611 Å². The zero-order valence-electron chi connectivity index (χ0n) is 80.7. The number of hydrogen-bond donors (Lipinski definition) is 34. The molecule has 9 aliphatic heterocycles. The van der Waals surface area contributed by atoms with Gasteiger partial charge in [-0.15, -0.1) is 0 Å². The summed E-state index contributed by atoms with van der Waals surface area (Å²) < 4.78 is 127. The molecule has 0 radical (unpaired) electrons. The van der Waals surface area contributed by atoms with E-state index in [2.05, 4.69) is 21.3 Å². The van der Waals surface area contributed by atoms with E-state index in [9.17, 15) is 172 Å². The summed E-state index contributed by atoms with van der Waals surface area (Å²) in [6.45, 7) is -11.3. The van der Waals surface area contributed by atoms with Crippen molar-refractivity contribution in [1.82, 2.24) is 21.3 Å². The normalized spacial score (nSPS) is 41.7. The Bertz CT molecular complexity index is 3430. The van der Waals surface area contributed by atoms with Gasteiger partial charge in [0.2, 0.25) is 23.6 Å². The Kier molecular flexibility index (Phi) is 51.6. The van der Waals surface area contributed by atoms with Crippen molar-refractivity contribution in [3.8, 4) is 0 Å². The molecule has 147 heavy (non-hydrogen) atoms. The van der Waals surface area contributed by atoms with Crippen LogP contribution in [0.15, 0.2) is 0 Å². The second kappa shape index (κ2) is 60.9. The Labute approximate surface area is 841 Å². The van der Waals surface area contributed by atoms with Gasteiger partial charge in [-0.1, -0.05) is 32.1 Å². The third-order valence-electron chi connectivity index (χ3n) is 27.1. The molecule has 46 atom stereocenters. The number of rotatable bonds is 55. The molecule has 856 valence electrons. The van der Waals surface area contributed by atoms with Crippen LogP contribution in [0.5, 0.6) is 0 Å². The zero-order chi connectivity index (χ0) is 107. The number of nitrogens with one attached hydrogen (secondary N) is 4. The van der Waals surface area contributed by atoms with Gasteiger partial charge in [-0.3, -0.25) is 19.2 Å². The van der Waals surface area contributed by atoms with Gasteiger partial charge in [0.15, 0.2) is 56.6 Å². The van der Waals surface area contributed by atoms with Gasteiger partial charge in [0.25, 0.3) is 0 Å². The van der Waals surface area contributed by atoms with Crippen molar-refractivity contribution in [2.24, 2.45) is 11.3 Å². The maximum atomic E-state index is 13.7. The second-order valence-electron chi connectivity index (χ2n) is 37.9. The summed E-state index contributed by atoms with van der Waals surface area (Å²) in [5.41, 5.74) is -1.49. The van der Waals surface area contributed by atoms with Crippen LogP contribution in [-0.2, 0) is 123 Å². The minimum Gasteiger partial charge on any atom is -0.394 e. The first kappa shape index (κ1) is 125. The molecule has 1 saturated carbocycles. The van der Waals surface area contributed by atoms with Gasteiger partial charge < -0.3 is 279 Å². The standard InChI is InChI=1S/C87H152N4O56/c1-36(37-7-5-3-2-4-6-8-37)91-50(101)12-19-129-35-87(32-126-16-9-47(98)88-13-20-130-81-72(123)75(145-84-69(120)63(114)54(105)41(26-95)139-84)57(108)44(142-81)29-133-78-66(117)60(111)51(102)38(23-92)136-78,33-127-17-10-48(99)89-14-21-131-82-73(124)76(146-85-70(121)64(115)55(106)42(27-96)140-85)58(109)45(143-82)30-134-79-67(118)61(112)52(103)39(24-93)137-79)34-128-18-11-49(100)90-15-22-132-83-74(125)77(147-86-71(122)65(116)56(107)43(28-97)141-86)59(110)46(144-83)31-135-80-68(119)62(113)53(104)40(25-94)138-80/h36-46,51-86,92-97,102-125H,2-35H2,1H3,(H,88,98)(H,89,99)(H,90,100)(H,91,101). The lowest BCUT2D eigenvalue weighted by molar-refractivity contribution is -0.366. The summed E-state index contributed by atoms with van der Waals surface area (Å²) in [5.74, 6) is -2.21. The van der Waals surface area contributed by atoms with E-state index in [0.29, 0.717) is 0 Å². The topological polar surface area (TPSA) is 926 Å². The van der Waals surface area contributed by atoms with Crippen LogP contribution >= 0.6 is 0 Å². The van der Waals surface area contributed by atoms with E-state index in [1.807, 2.05) is 6.92 Å². The minimum absolute atomic E-state index is 0.159. The molecule has 10 rings (SSSR count). The van der Waals surface area contributed by atoms with E-state index in [1.165, 1.54) is 0 Å². The summed E-state index contributed by atoms with van der Waals surface area (Å²) in [4.78, 5) is 54.8. The van der Waals surface area contributed by atoms with Crippen molar-refractivity contribution < 1.29 is 277 Å². The predicted octanol–water partition coefficient (Wildman–Crippen LogP) is -19.8. The summed E-state index contributed by atoms with van der Waals surface area (Å²) >= 11 is 0. The van der Waals surface area contributed by atoms with Crippen molar-refractivity contribution in [3.63, 3.8) is 0 Å². The van der Waals surface area contributed by atoms with Crippen molar-refractivity contribution in [3.05, 3.63) is 0 Å². The van der Waals surface area contributed by atoms with Crippen LogP contribution < -0.4 is 21.3 Å². The zero-order valence-corrected chi connectivity index (χ0v) is 80.7. The first-order valence-corrected chi connectivity index (χ1v) is 49.1. The monoisotopic (exact) mass is 2150 g/mol. The van der Waals surface area contributed by atoms with Crippen molar-refractivity contribution in [2.45, 2.75) is 360 Å². The molecule has 10 aliphatic rings. The lowest BCUT2D eigenvalue weighted by Crippen LogP contribution is -2.65. The highest BCUT2D eigenvalue weighted by Gasteiger charge is 2.58. The Balaban J connectivity index is 0.809. The van der Waals surface area contributed by atoms with E-state index in [-0.39, 0.29) is 57.1 Å². The Morgan fingerprint density at radius 2 is 0.476 bits per heavy atom. The van der Waals surface area contributed by atoms with Crippen LogP contribution in [0.2, 0.25) is 0 Å². The average molecular weight is 2150 g/mol. The third kappa shape index (κ3) is 33.9. The third-order valence-corrected chi connectivity index (χ3v) is 27.1. The number of aliphatic hydroxyl groups is 30. The largest absolute Gasteiger partial charge is 0.394 e.